The van der Waals surface area contributed by atoms with Crippen molar-refractivity contribution < 1.29 is 14.1 Å². The number of hydrogen-bond acceptors (Lipinski definition) is 5. The van der Waals surface area contributed by atoms with E-state index in [1.54, 1.807) is 0 Å². The van der Waals surface area contributed by atoms with Crippen LogP contribution in [0.5, 0.6) is 5.88 Å². The van der Waals surface area contributed by atoms with Gasteiger partial charge in [0.15, 0.2) is 0 Å². The molecule has 0 fully saturated rings. The SMILES string of the molecule is Cc1noc(C)c1-c1cc2c(ccn2Cc2ccccc2)nc1OC=O. The van der Waals surface area contributed by atoms with Crippen LogP contribution in [0.4, 0.5) is 0 Å². The van der Waals surface area contributed by atoms with E-state index >= 15 is 0 Å². The van der Waals surface area contributed by atoms with E-state index in [2.05, 4.69) is 26.8 Å². The highest BCUT2D eigenvalue weighted by atomic mass is 16.5. The number of aromatic nitrogens is 3. The molecule has 6 nitrogen and oxygen atoms in total. The van der Waals surface area contributed by atoms with Crippen molar-refractivity contribution in [2.75, 3.05) is 0 Å². The van der Waals surface area contributed by atoms with Crippen LogP contribution in [0, 0.1) is 13.8 Å². The summed E-state index contributed by atoms with van der Waals surface area (Å²) >= 11 is 0. The fourth-order valence-electron chi connectivity index (χ4n) is 3.19. The number of carbonyl (C=O) groups excluding carboxylic acids is 1. The first-order chi connectivity index (χ1) is 12.7. The molecule has 6 heteroatoms. The van der Waals surface area contributed by atoms with Gasteiger partial charge in [0.2, 0.25) is 5.88 Å². The highest BCUT2D eigenvalue weighted by molar-refractivity contribution is 5.86. The molecule has 26 heavy (non-hydrogen) atoms. The van der Waals surface area contributed by atoms with Gasteiger partial charge in [-0.15, -0.1) is 0 Å². The molecule has 0 bridgehead atoms. The zero-order valence-electron chi connectivity index (χ0n) is 14.5. The zero-order chi connectivity index (χ0) is 18.1. The topological polar surface area (TPSA) is 70.2 Å². The van der Waals surface area contributed by atoms with E-state index in [1.165, 1.54) is 5.56 Å². The van der Waals surface area contributed by atoms with Crippen LogP contribution in [0.15, 0.2) is 53.2 Å². The molecule has 3 aromatic heterocycles. The fourth-order valence-corrected chi connectivity index (χ4v) is 3.19. The Kier molecular flexibility index (Phi) is 4.01. The number of benzene rings is 1. The summed E-state index contributed by atoms with van der Waals surface area (Å²) in [6, 6.07) is 14.1. The molecule has 0 radical (unpaired) electrons. The third kappa shape index (κ3) is 2.75. The number of fused-ring (bicyclic) bond motifs is 1. The first-order valence-electron chi connectivity index (χ1n) is 8.24. The van der Waals surface area contributed by atoms with Gasteiger partial charge in [0.25, 0.3) is 6.47 Å². The van der Waals surface area contributed by atoms with Crippen molar-refractivity contribution in [3.63, 3.8) is 0 Å². The molecule has 0 saturated carbocycles. The van der Waals surface area contributed by atoms with Gasteiger partial charge in [0.1, 0.15) is 5.76 Å². The van der Waals surface area contributed by atoms with Gasteiger partial charge in [-0.1, -0.05) is 35.5 Å². The quantitative estimate of drug-likeness (QED) is 0.512. The molecule has 1 aromatic carbocycles. The number of carbonyl (C=O) groups is 1. The Bertz CT molecular complexity index is 1060. The molecule has 0 aliphatic heterocycles. The van der Waals surface area contributed by atoms with E-state index in [0.29, 0.717) is 17.8 Å². The highest BCUT2D eigenvalue weighted by Crippen LogP contribution is 2.36. The Hall–Kier alpha value is -3.41. The predicted molar refractivity (Wildman–Crippen MR) is 96.9 cm³/mol. The number of pyridine rings is 1. The number of aryl methyl sites for hydroxylation is 2. The van der Waals surface area contributed by atoms with Crippen LogP contribution in [0.1, 0.15) is 17.0 Å². The van der Waals surface area contributed by atoms with Crippen molar-refractivity contribution in [3.05, 3.63) is 65.7 Å². The minimum atomic E-state index is 0.249. The van der Waals surface area contributed by atoms with Crippen molar-refractivity contribution >= 4 is 17.5 Å². The second kappa shape index (κ2) is 6.48. The molecule has 0 N–H and O–H groups in total. The number of ether oxygens (including phenoxy) is 1. The minimum absolute atomic E-state index is 0.249. The first-order valence-corrected chi connectivity index (χ1v) is 8.24. The van der Waals surface area contributed by atoms with Crippen molar-refractivity contribution in [3.8, 4) is 17.0 Å². The van der Waals surface area contributed by atoms with Gasteiger partial charge >= 0.3 is 0 Å². The number of hydrogen-bond donors (Lipinski definition) is 0. The molecule has 130 valence electrons. The highest BCUT2D eigenvalue weighted by Gasteiger charge is 2.19. The molecule has 0 amide bonds. The molecule has 0 spiro atoms. The van der Waals surface area contributed by atoms with Crippen LogP contribution in [-0.2, 0) is 11.3 Å². The second-order valence-electron chi connectivity index (χ2n) is 6.09. The van der Waals surface area contributed by atoms with Gasteiger partial charge in [0.05, 0.1) is 27.9 Å². The van der Waals surface area contributed by atoms with E-state index in [9.17, 15) is 4.79 Å². The molecule has 0 atom stereocenters. The van der Waals surface area contributed by atoms with Crippen molar-refractivity contribution in [1.29, 1.82) is 0 Å². The Morgan fingerprint density at radius 2 is 2.00 bits per heavy atom. The first kappa shape index (κ1) is 16.1. The molecule has 0 aliphatic carbocycles. The van der Waals surface area contributed by atoms with E-state index in [0.717, 1.165) is 28.8 Å². The maximum atomic E-state index is 10.9. The summed E-state index contributed by atoms with van der Waals surface area (Å²) in [7, 11) is 0. The third-order valence-corrected chi connectivity index (χ3v) is 4.38. The summed E-state index contributed by atoms with van der Waals surface area (Å²) < 4.78 is 12.5. The molecule has 0 aliphatic rings. The standard InChI is InChI=1S/C20H17N3O3/c1-13-19(14(2)26-22-13)16-10-18-17(21-20(16)25-12-24)8-9-23(18)11-15-6-4-3-5-7-15/h3-10,12H,11H2,1-2H3. The molecule has 3 heterocycles. The average molecular weight is 347 g/mol. The van der Waals surface area contributed by atoms with Gasteiger partial charge in [-0.3, -0.25) is 4.79 Å². The monoisotopic (exact) mass is 347 g/mol. The van der Waals surface area contributed by atoms with E-state index < -0.39 is 0 Å². The van der Waals surface area contributed by atoms with Crippen LogP contribution in [-0.4, -0.2) is 21.2 Å². The van der Waals surface area contributed by atoms with Crippen molar-refractivity contribution in [1.82, 2.24) is 14.7 Å². The average Bonchev–Trinajstić information content (AvgIpc) is 3.18. The summed E-state index contributed by atoms with van der Waals surface area (Å²) in [5.41, 5.74) is 5.10. The van der Waals surface area contributed by atoms with Crippen LogP contribution >= 0.6 is 0 Å². The molecule has 0 saturated heterocycles. The third-order valence-electron chi connectivity index (χ3n) is 4.38. The van der Waals surface area contributed by atoms with E-state index in [1.807, 2.05) is 50.4 Å². The molecular weight excluding hydrogens is 330 g/mol. The lowest BCUT2D eigenvalue weighted by molar-refractivity contribution is -0.120. The molecule has 4 rings (SSSR count). The Labute approximate surface area is 150 Å². The van der Waals surface area contributed by atoms with Gasteiger partial charge < -0.3 is 13.8 Å². The Balaban J connectivity index is 1.88. The summed E-state index contributed by atoms with van der Waals surface area (Å²) in [5, 5.41) is 4.00. The Morgan fingerprint density at radius 3 is 2.69 bits per heavy atom. The minimum Gasteiger partial charge on any atom is -0.409 e. The summed E-state index contributed by atoms with van der Waals surface area (Å²) in [4.78, 5) is 15.5. The summed E-state index contributed by atoms with van der Waals surface area (Å²) in [6.45, 7) is 4.79. The number of nitrogens with zero attached hydrogens (tertiary/aromatic N) is 3. The maximum Gasteiger partial charge on any atom is 0.299 e. The van der Waals surface area contributed by atoms with Gasteiger partial charge in [-0.05, 0) is 31.5 Å². The second-order valence-corrected chi connectivity index (χ2v) is 6.09. The van der Waals surface area contributed by atoms with Crippen molar-refractivity contribution in [2.24, 2.45) is 0 Å². The summed E-state index contributed by atoms with van der Waals surface area (Å²) in [5.74, 6) is 0.903. The molecule has 4 aromatic rings. The van der Waals surface area contributed by atoms with Crippen LogP contribution in [0.3, 0.4) is 0 Å². The largest absolute Gasteiger partial charge is 0.409 e. The van der Waals surface area contributed by atoms with Gasteiger partial charge in [-0.25, -0.2) is 4.98 Å². The molecular formula is C20H17N3O3. The Morgan fingerprint density at radius 1 is 1.19 bits per heavy atom. The fraction of sp³-hybridized carbons (Fsp3) is 0.150. The van der Waals surface area contributed by atoms with E-state index in [4.69, 9.17) is 9.26 Å². The number of rotatable bonds is 5. The smallest absolute Gasteiger partial charge is 0.299 e. The summed E-state index contributed by atoms with van der Waals surface area (Å²) in [6.07, 6.45) is 1.98. The normalized spacial score (nSPS) is 11.0. The lowest BCUT2D eigenvalue weighted by Crippen LogP contribution is -2.00. The van der Waals surface area contributed by atoms with E-state index in [-0.39, 0.29) is 5.88 Å². The van der Waals surface area contributed by atoms with Gasteiger partial charge in [0, 0.05) is 12.7 Å². The predicted octanol–water partition coefficient (Wildman–Crippen LogP) is 3.89. The lowest BCUT2D eigenvalue weighted by Gasteiger charge is -2.10. The van der Waals surface area contributed by atoms with Crippen LogP contribution in [0.2, 0.25) is 0 Å². The zero-order valence-corrected chi connectivity index (χ0v) is 14.5. The van der Waals surface area contributed by atoms with Crippen LogP contribution in [0.25, 0.3) is 22.2 Å². The maximum absolute atomic E-state index is 10.9. The molecule has 0 unspecified atom stereocenters. The van der Waals surface area contributed by atoms with Crippen molar-refractivity contribution in [2.45, 2.75) is 20.4 Å². The van der Waals surface area contributed by atoms with Gasteiger partial charge in [-0.2, -0.15) is 0 Å². The lowest BCUT2D eigenvalue weighted by atomic mass is 10.1. The van der Waals surface area contributed by atoms with Crippen LogP contribution < -0.4 is 4.74 Å².